The van der Waals surface area contributed by atoms with Crippen LogP contribution in [0.4, 0.5) is 0 Å². The van der Waals surface area contributed by atoms with Gasteiger partial charge in [-0.3, -0.25) is 0 Å². The zero-order valence-electron chi connectivity index (χ0n) is 8.67. The maximum Gasteiger partial charge on any atom is 0.327 e. The average Bonchev–Trinajstić information content (AvgIpc) is 2.91. The first-order valence-corrected chi connectivity index (χ1v) is 5.42. The van der Waals surface area contributed by atoms with E-state index < -0.39 is 5.97 Å². The quantitative estimate of drug-likeness (QED) is 0.526. The van der Waals surface area contributed by atoms with E-state index in [1.165, 1.54) is 12.8 Å². The Balaban J connectivity index is 0.000000149. The number of hydrogen-bond acceptors (Lipinski definition) is 1. The average molecular weight is 204 g/mol. The molecule has 2 bridgehead atoms. The second-order valence-corrected chi connectivity index (χ2v) is 4.40. The van der Waals surface area contributed by atoms with Gasteiger partial charge in [0.2, 0.25) is 0 Å². The maximum atomic E-state index is 9.25. The smallest absolute Gasteiger partial charge is 0.327 e. The molecule has 4 unspecified atom stereocenters. The molecular weight excluding hydrogens is 188 g/mol. The number of carboxylic acids is 1. The van der Waals surface area contributed by atoms with Crippen molar-refractivity contribution in [3.8, 4) is 0 Å². The molecule has 3 rings (SSSR count). The van der Waals surface area contributed by atoms with E-state index in [4.69, 9.17) is 5.11 Å². The lowest BCUT2D eigenvalue weighted by Crippen LogP contribution is -2.12. The van der Waals surface area contributed by atoms with E-state index in [0.29, 0.717) is 0 Å². The number of allylic oxidation sites excluding steroid dienone is 4. The second-order valence-electron chi connectivity index (χ2n) is 4.40. The summed E-state index contributed by atoms with van der Waals surface area (Å²) in [6, 6.07) is 0. The zero-order valence-corrected chi connectivity index (χ0v) is 8.67. The van der Waals surface area contributed by atoms with Crippen molar-refractivity contribution in [3.63, 3.8) is 0 Å². The van der Waals surface area contributed by atoms with Gasteiger partial charge in [0.05, 0.1) is 0 Å². The molecule has 1 N–H and O–H groups in total. The molecule has 0 aromatic rings. The van der Waals surface area contributed by atoms with E-state index in [1.807, 2.05) is 0 Å². The van der Waals surface area contributed by atoms with Crippen LogP contribution in [0, 0.1) is 23.7 Å². The van der Waals surface area contributed by atoms with Crippen molar-refractivity contribution in [1.82, 2.24) is 0 Å². The highest BCUT2D eigenvalue weighted by molar-refractivity contribution is 5.78. The van der Waals surface area contributed by atoms with Gasteiger partial charge in [0.1, 0.15) is 0 Å². The van der Waals surface area contributed by atoms with Crippen molar-refractivity contribution in [2.75, 3.05) is 0 Å². The minimum absolute atomic E-state index is 0.833. The largest absolute Gasteiger partial charge is 0.478 e. The van der Waals surface area contributed by atoms with Gasteiger partial charge in [-0.1, -0.05) is 30.9 Å². The summed E-state index contributed by atoms with van der Waals surface area (Å²) in [5, 5.41) is 7.60. The normalized spacial score (nSPS) is 38.4. The predicted octanol–water partition coefficient (Wildman–Crippen LogP) is 2.64. The molecule has 0 aromatic heterocycles. The highest BCUT2D eigenvalue weighted by atomic mass is 16.4. The van der Waals surface area contributed by atoms with Crippen LogP contribution in [0.3, 0.4) is 0 Å². The number of hydrogen-bond donors (Lipinski definition) is 1. The third-order valence-electron chi connectivity index (χ3n) is 3.63. The van der Waals surface area contributed by atoms with Crippen LogP contribution in [0.5, 0.6) is 0 Å². The first kappa shape index (κ1) is 10.2. The molecule has 0 aromatic carbocycles. The molecule has 0 aliphatic heterocycles. The van der Waals surface area contributed by atoms with Gasteiger partial charge in [-0.25, -0.2) is 4.79 Å². The molecule has 80 valence electrons. The third-order valence-corrected chi connectivity index (χ3v) is 3.63. The van der Waals surface area contributed by atoms with E-state index in [0.717, 1.165) is 29.7 Å². The summed E-state index contributed by atoms with van der Waals surface area (Å²) in [7, 11) is 0. The molecule has 4 atom stereocenters. The molecule has 0 amide bonds. The van der Waals surface area contributed by atoms with E-state index in [1.54, 1.807) is 0 Å². The van der Waals surface area contributed by atoms with Crippen LogP contribution < -0.4 is 0 Å². The zero-order chi connectivity index (χ0) is 10.8. The molecule has 3 aliphatic rings. The van der Waals surface area contributed by atoms with E-state index in [9.17, 15) is 4.79 Å². The fraction of sp³-hybridized carbons (Fsp3) is 0.462. The molecule has 1 fully saturated rings. The Kier molecular flexibility index (Phi) is 2.76. The summed E-state index contributed by atoms with van der Waals surface area (Å²) >= 11 is 0. The van der Waals surface area contributed by atoms with Crippen LogP contribution in [-0.2, 0) is 4.79 Å². The SMILES string of the molecule is C1=CC2C3C=CC(C3)C2C1.C=CC(=O)O. The molecule has 2 heteroatoms. The molecule has 0 saturated heterocycles. The predicted molar refractivity (Wildman–Crippen MR) is 59.3 cm³/mol. The topological polar surface area (TPSA) is 37.3 Å². The third kappa shape index (κ3) is 1.89. The van der Waals surface area contributed by atoms with Crippen molar-refractivity contribution in [1.29, 1.82) is 0 Å². The lowest BCUT2D eigenvalue weighted by atomic mass is 9.86. The van der Waals surface area contributed by atoms with Crippen LogP contribution in [0.25, 0.3) is 0 Å². The van der Waals surface area contributed by atoms with Gasteiger partial charge in [0, 0.05) is 6.08 Å². The Labute approximate surface area is 90.0 Å². The monoisotopic (exact) mass is 204 g/mol. The van der Waals surface area contributed by atoms with Crippen molar-refractivity contribution in [2.24, 2.45) is 23.7 Å². The summed E-state index contributed by atoms with van der Waals surface area (Å²) in [5.74, 6) is 2.84. The van der Waals surface area contributed by atoms with Crippen molar-refractivity contribution in [3.05, 3.63) is 37.0 Å². The van der Waals surface area contributed by atoms with Crippen LogP contribution in [0.15, 0.2) is 37.0 Å². The molecule has 0 radical (unpaired) electrons. The minimum atomic E-state index is -0.981. The summed E-state index contributed by atoms with van der Waals surface area (Å²) in [5.41, 5.74) is 0. The highest BCUT2D eigenvalue weighted by Gasteiger charge is 2.44. The van der Waals surface area contributed by atoms with Crippen molar-refractivity contribution in [2.45, 2.75) is 12.8 Å². The number of aliphatic carboxylic acids is 1. The summed E-state index contributed by atoms with van der Waals surface area (Å²) in [4.78, 5) is 9.25. The van der Waals surface area contributed by atoms with Gasteiger partial charge in [-0.2, -0.15) is 0 Å². The van der Waals surface area contributed by atoms with Gasteiger partial charge >= 0.3 is 5.97 Å². The van der Waals surface area contributed by atoms with Gasteiger partial charge in [-0.15, -0.1) is 0 Å². The number of fused-ring (bicyclic) bond motifs is 5. The minimum Gasteiger partial charge on any atom is -0.478 e. The van der Waals surface area contributed by atoms with Crippen molar-refractivity contribution < 1.29 is 9.90 Å². The maximum absolute atomic E-state index is 9.25. The Morgan fingerprint density at radius 1 is 1.33 bits per heavy atom. The molecular formula is C13H16O2. The van der Waals surface area contributed by atoms with Crippen LogP contribution in [-0.4, -0.2) is 11.1 Å². The molecule has 1 saturated carbocycles. The van der Waals surface area contributed by atoms with Gasteiger partial charge < -0.3 is 5.11 Å². The molecule has 3 aliphatic carbocycles. The standard InChI is InChI=1S/C10H12.C3H4O2/c1-2-9-7-4-5-8(6-7)10(9)3-1;1-2-3(4)5/h1-2,4-5,7-10H,3,6H2;2H,1H2,(H,4,5). The van der Waals surface area contributed by atoms with E-state index >= 15 is 0 Å². The molecule has 15 heavy (non-hydrogen) atoms. The first-order valence-electron chi connectivity index (χ1n) is 5.42. The fourth-order valence-electron chi connectivity index (χ4n) is 2.97. The van der Waals surface area contributed by atoms with E-state index in [2.05, 4.69) is 30.9 Å². The van der Waals surface area contributed by atoms with E-state index in [-0.39, 0.29) is 0 Å². The van der Waals surface area contributed by atoms with Crippen molar-refractivity contribution >= 4 is 5.97 Å². The lowest BCUT2D eigenvalue weighted by molar-refractivity contribution is -0.131. The number of carboxylic acid groups (broad SMARTS) is 1. The Morgan fingerprint density at radius 2 is 2.00 bits per heavy atom. The summed E-state index contributed by atoms with van der Waals surface area (Å²) in [6.07, 6.45) is 13.3. The van der Waals surface area contributed by atoms with Gasteiger partial charge in [0.25, 0.3) is 0 Å². The van der Waals surface area contributed by atoms with Gasteiger partial charge in [0.15, 0.2) is 0 Å². The van der Waals surface area contributed by atoms with Crippen LogP contribution in [0.1, 0.15) is 12.8 Å². The van der Waals surface area contributed by atoms with Crippen LogP contribution in [0.2, 0.25) is 0 Å². The molecule has 0 heterocycles. The lowest BCUT2D eigenvalue weighted by Gasteiger charge is -2.18. The number of carbonyl (C=O) groups is 1. The Morgan fingerprint density at radius 3 is 2.60 bits per heavy atom. The van der Waals surface area contributed by atoms with Crippen LogP contribution >= 0.6 is 0 Å². The molecule has 2 nitrogen and oxygen atoms in total. The Hall–Kier alpha value is -1.31. The Bertz CT molecular complexity index is 327. The first-order chi connectivity index (χ1) is 7.22. The molecule has 0 spiro atoms. The summed E-state index contributed by atoms with van der Waals surface area (Å²) < 4.78 is 0. The van der Waals surface area contributed by atoms with Gasteiger partial charge in [-0.05, 0) is 36.5 Å². The second kappa shape index (κ2) is 4.05. The summed E-state index contributed by atoms with van der Waals surface area (Å²) in [6.45, 7) is 2.96. The highest BCUT2D eigenvalue weighted by Crippen LogP contribution is 2.52. The fourth-order valence-corrected chi connectivity index (χ4v) is 2.97. The number of rotatable bonds is 1.